The third-order valence-corrected chi connectivity index (χ3v) is 8.33. The zero-order valence-corrected chi connectivity index (χ0v) is 21.3. The van der Waals surface area contributed by atoms with Crippen LogP contribution in [0.2, 0.25) is 0 Å². The Kier molecular flexibility index (Phi) is 7.79. The van der Waals surface area contributed by atoms with E-state index in [-0.39, 0.29) is 58.7 Å². The lowest BCUT2D eigenvalue weighted by Crippen LogP contribution is -2.56. The Morgan fingerprint density at radius 1 is 1.15 bits per heavy atom. The summed E-state index contributed by atoms with van der Waals surface area (Å²) in [5.41, 5.74) is 0.988. The maximum Gasteiger partial charge on any atom is 0.311 e. The molecule has 188 valence electrons. The largest absolute Gasteiger partial charge is 0.508 e. The topological polar surface area (TPSA) is 101 Å². The Hall–Kier alpha value is -2.37. The van der Waals surface area contributed by atoms with E-state index in [1.54, 1.807) is 6.07 Å². The van der Waals surface area contributed by atoms with Gasteiger partial charge in [-0.2, -0.15) is 0 Å². The van der Waals surface area contributed by atoms with E-state index in [1.165, 1.54) is 6.42 Å². The van der Waals surface area contributed by atoms with Crippen LogP contribution in [0.1, 0.15) is 109 Å². The van der Waals surface area contributed by atoms with Crippen molar-refractivity contribution in [1.82, 2.24) is 0 Å². The molecule has 2 bridgehead atoms. The molecule has 3 atom stereocenters. The summed E-state index contributed by atoms with van der Waals surface area (Å²) in [4.78, 5) is 36.2. The fourth-order valence-electron chi connectivity index (χ4n) is 5.97. The van der Waals surface area contributed by atoms with Gasteiger partial charge in [-0.25, -0.2) is 0 Å². The van der Waals surface area contributed by atoms with Crippen molar-refractivity contribution in [2.45, 2.75) is 104 Å². The number of aliphatic carboxylic acids is 1. The van der Waals surface area contributed by atoms with Crippen molar-refractivity contribution in [2.75, 3.05) is 0 Å². The molecule has 4 rings (SSSR count). The van der Waals surface area contributed by atoms with Crippen LogP contribution in [0.25, 0.3) is 0 Å². The van der Waals surface area contributed by atoms with Crippen molar-refractivity contribution in [3.8, 4) is 11.5 Å². The number of hydrogen-bond acceptors (Lipinski definition) is 5. The van der Waals surface area contributed by atoms with Gasteiger partial charge in [0.15, 0.2) is 0 Å². The number of phenols is 1. The predicted molar refractivity (Wildman–Crippen MR) is 130 cm³/mol. The Labute approximate surface area is 203 Å². The second-order valence-electron chi connectivity index (χ2n) is 11.5. The summed E-state index contributed by atoms with van der Waals surface area (Å²) in [6, 6.07) is 3.60. The normalized spacial score (nSPS) is 23.3. The first kappa shape index (κ1) is 26.2. The molecule has 0 spiro atoms. The summed E-state index contributed by atoms with van der Waals surface area (Å²) < 4.78 is 5.70. The highest BCUT2D eigenvalue weighted by Gasteiger charge is 2.59. The lowest BCUT2D eigenvalue weighted by atomic mass is 9.44. The Bertz CT molecular complexity index is 944. The molecule has 0 aliphatic heterocycles. The van der Waals surface area contributed by atoms with Crippen molar-refractivity contribution < 1.29 is 29.3 Å². The van der Waals surface area contributed by atoms with E-state index >= 15 is 0 Å². The summed E-state index contributed by atoms with van der Waals surface area (Å²) in [7, 11) is 0. The van der Waals surface area contributed by atoms with Gasteiger partial charge >= 0.3 is 11.9 Å². The predicted octanol–water partition coefficient (Wildman–Crippen LogP) is 6.13. The first-order valence-electron chi connectivity index (χ1n) is 12.7. The number of ketones is 1. The van der Waals surface area contributed by atoms with Gasteiger partial charge in [-0.15, -0.1) is 0 Å². The van der Waals surface area contributed by atoms with Crippen LogP contribution in [0.5, 0.6) is 11.5 Å². The molecule has 0 aromatic heterocycles. The molecular weight excluding hydrogens is 432 g/mol. The SMILES string of the molecule is CCCCCCC(C)(C)c1cc(O)c([C@H]2CC(=O)[C@H]3CC2C3(C)C)c(OC(=O)CCC(=O)O)c1. The first-order valence-corrected chi connectivity index (χ1v) is 12.7. The van der Waals surface area contributed by atoms with Crippen LogP contribution in [0.4, 0.5) is 0 Å². The number of phenolic OH excluding ortho intramolecular Hbond substituents is 1. The smallest absolute Gasteiger partial charge is 0.311 e. The molecular formula is C28H40O6. The quantitative estimate of drug-likeness (QED) is 0.228. The number of esters is 1. The molecule has 3 aliphatic rings. The third-order valence-electron chi connectivity index (χ3n) is 8.33. The number of Topliss-reactive ketones (excluding diaryl/α,β-unsaturated/α-hetero) is 1. The van der Waals surface area contributed by atoms with Gasteiger partial charge in [0.1, 0.15) is 17.3 Å². The number of carbonyl (C=O) groups excluding carboxylic acids is 2. The lowest BCUT2D eigenvalue weighted by molar-refractivity contribution is -0.151. The number of carbonyl (C=O) groups is 3. The number of benzene rings is 1. The summed E-state index contributed by atoms with van der Waals surface area (Å²) >= 11 is 0. The molecule has 0 saturated heterocycles. The summed E-state index contributed by atoms with van der Waals surface area (Å²) in [6.07, 6.45) is 6.01. The third kappa shape index (κ3) is 5.31. The van der Waals surface area contributed by atoms with Crippen LogP contribution in [-0.2, 0) is 19.8 Å². The van der Waals surface area contributed by atoms with Gasteiger partial charge in [-0.1, -0.05) is 60.3 Å². The lowest BCUT2D eigenvalue weighted by Gasteiger charge is -2.59. The van der Waals surface area contributed by atoms with Gasteiger partial charge in [0.05, 0.1) is 12.8 Å². The molecule has 34 heavy (non-hydrogen) atoms. The monoisotopic (exact) mass is 472 g/mol. The summed E-state index contributed by atoms with van der Waals surface area (Å²) in [5.74, 6) is -1.15. The molecule has 0 amide bonds. The fraction of sp³-hybridized carbons (Fsp3) is 0.679. The standard InChI is InChI=1S/C28H40O6/c1-6-7-8-9-12-27(2,3)17-13-22(30)26(23(14-17)34-25(33)11-10-24(31)32)18-15-21(29)20-16-19(18)28(20,4)5/h13-14,18-20,30H,6-12,15-16H2,1-5H3,(H,31,32)/t18-,19?,20+/m0/s1. The van der Waals surface area contributed by atoms with E-state index in [2.05, 4.69) is 34.6 Å². The average molecular weight is 473 g/mol. The number of carboxylic acid groups (broad SMARTS) is 1. The minimum absolute atomic E-state index is 0.0544. The van der Waals surface area contributed by atoms with Crippen LogP contribution in [-0.4, -0.2) is 27.9 Å². The zero-order chi connectivity index (χ0) is 25.3. The molecule has 1 aromatic carbocycles. The van der Waals surface area contributed by atoms with Crippen LogP contribution in [0, 0.1) is 17.3 Å². The molecule has 3 saturated carbocycles. The van der Waals surface area contributed by atoms with E-state index < -0.39 is 11.9 Å². The van der Waals surface area contributed by atoms with Crippen molar-refractivity contribution in [3.63, 3.8) is 0 Å². The van der Waals surface area contributed by atoms with E-state index in [9.17, 15) is 19.5 Å². The summed E-state index contributed by atoms with van der Waals surface area (Å²) in [6.45, 7) is 10.6. The number of carboxylic acids is 1. The molecule has 3 fully saturated rings. The van der Waals surface area contributed by atoms with Crippen LogP contribution in [0.3, 0.4) is 0 Å². The van der Waals surface area contributed by atoms with Gasteiger partial charge < -0.3 is 14.9 Å². The van der Waals surface area contributed by atoms with Crippen molar-refractivity contribution in [3.05, 3.63) is 23.3 Å². The second kappa shape index (κ2) is 10.1. The van der Waals surface area contributed by atoms with Crippen molar-refractivity contribution in [2.24, 2.45) is 17.3 Å². The zero-order valence-electron chi connectivity index (χ0n) is 21.3. The highest BCUT2D eigenvalue weighted by molar-refractivity contribution is 5.86. The van der Waals surface area contributed by atoms with E-state index in [0.29, 0.717) is 12.0 Å². The molecule has 1 unspecified atom stereocenters. The minimum atomic E-state index is -1.07. The number of hydrogen-bond donors (Lipinski definition) is 2. The number of unbranched alkanes of at least 4 members (excludes halogenated alkanes) is 3. The van der Waals surface area contributed by atoms with Gasteiger partial charge in [0, 0.05) is 23.8 Å². The van der Waals surface area contributed by atoms with Crippen LogP contribution >= 0.6 is 0 Å². The Morgan fingerprint density at radius 2 is 1.85 bits per heavy atom. The second-order valence-corrected chi connectivity index (χ2v) is 11.5. The van der Waals surface area contributed by atoms with Crippen LogP contribution in [0.15, 0.2) is 12.1 Å². The molecule has 0 heterocycles. The molecule has 2 N–H and O–H groups in total. The van der Waals surface area contributed by atoms with Crippen molar-refractivity contribution >= 4 is 17.7 Å². The average Bonchev–Trinajstić information content (AvgIpc) is 2.74. The van der Waals surface area contributed by atoms with Crippen molar-refractivity contribution in [1.29, 1.82) is 0 Å². The molecule has 6 nitrogen and oxygen atoms in total. The van der Waals surface area contributed by atoms with E-state index in [0.717, 1.165) is 37.7 Å². The molecule has 6 heteroatoms. The van der Waals surface area contributed by atoms with E-state index in [1.807, 2.05) is 6.07 Å². The molecule has 0 radical (unpaired) electrons. The Balaban J connectivity index is 1.96. The maximum absolute atomic E-state index is 12.8. The molecule has 3 aliphatic carbocycles. The highest BCUT2D eigenvalue weighted by Crippen LogP contribution is 2.64. The number of fused-ring (bicyclic) bond motifs is 2. The first-order chi connectivity index (χ1) is 15.9. The molecule has 1 aromatic rings. The summed E-state index contributed by atoms with van der Waals surface area (Å²) in [5, 5.41) is 20.2. The number of aromatic hydroxyl groups is 1. The van der Waals surface area contributed by atoms with Gasteiger partial charge in [0.2, 0.25) is 0 Å². The fourth-order valence-corrected chi connectivity index (χ4v) is 5.97. The van der Waals surface area contributed by atoms with Gasteiger partial charge in [-0.05, 0) is 47.3 Å². The van der Waals surface area contributed by atoms with Gasteiger partial charge in [-0.3, -0.25) is 14.4 Å². The van der Waals surface area contributed by atoms with Gasteiger partial charge in [0.25, 0.3) is 0 Å². The number of ether oxygens (including phenoxy) is 1. The maximum atomic E-state index is 12.8. The number of rotatable bonds is 11. The van der Waals surface area contributed by atoms with E-state index in [4.69, 9.17) is 9.84 Å². The minimum Gasteiger partial charge on any atom is -0.508 e. The van der Waals surface area contributed by atoms with Crippen LogP contribution < -0.4 is 4.74 Å². The highest BCUT2D eigenvalue weighted by atomic mass is 16.5. The Morgan fingerprint density at radius 3 is 2.44 bits per heavy atom.